The molecule has 0 saturated carbocycles. The van der Waals surface area contributed by atoms with Crippen molar-refractivity contribution < 1.29 is 23.9 Å². The molecule has 0 bridgehead atoms. The number of carboxylic acids is 1. The fourth-order valence-corrected chi connectivity index (χ4v) is 2.84. The summed E-state index contributed by atoms with van der Waals surface area (Å²) in [6.45, 7) is 5.78. The quantitative estimate of drug-likeness (QED) is 0.583. The molecule has 2 aromatic carbocycles. The summed E-state index contributed by atoms with van der Waals surface area (Å²) in [4.78, 5) is 15.7. The van der Waals surface area contributed by atoms with Crippen LogP contribution in [0, 0.1) is 6.92 Å². The first-order valence-electron chi connectivity index (χ1n) is 9.41. The molecule has 7 heteroatoms. The molecule has 0 spiro atoms. The van der Waals surface area contributed by atoms with Crippen molar-refractivity contribution in [1.29, 1.82) is 0 Å². The Labute approximate surface area is 169 Å². The molecule has 3 rings (SSSR count). The Balaban J connectivity index is 1.58. The highest BCUT2D eigenvalue weighted by Gasteiger charge is 2.20. The van der Waals surface area contributed by atoms with Gasteiger partial charge in [-0.05, 0) is 50.1 Å². The number of hydrogen-bond donors (Lipinski definition) is 1. The van der Waals surface area contributed by atoms with Crippen LogP contribution in [0.25, 0.3) is 11.5 Å². The van der Waals surface area contributed by atoms with Crippen molar-refractivity contribution in [1.82, 2.24) is 10.1 Å². The lowest BCUT2D eigenvalue weighted by atomic mass is 10.1. The van der Waals surface area contributed by atoms with Gasteiger partial charge in [0.15, 0.2) is 12.7 Å². The Kier molecular flexibility index (Phi) is 6.61. The van der Waals surface area contributed by atoms with Crippen LogP contribution in [0.15, 0.2) is 53.1 Å². The Hall–Kier alpha value is -3.19. The van der Waals surface area contributed by atoms with Crippen LogP contribution < -0.4 is 4.74 Å². The van der Waals surface area contributed by atoms with E-state index in [-0.39, 0.29) is 12.7 Å². The van der Waals surface area contributed by atoms with E-state index in [1.807, 2.05) is 57.2 Å². The number of aryl methyl sites for hydroxylation is 1. The van der Waals surface area contributed by atoms with Crippen LogP contribution in [0.4, 0.5) is 0 Å². The standard InChI is InChI=1S/C22H24N2O5/c1-14(2)28-19(22(25)26)12-16-8-10-17(11-9-16)27-13-20-23-21(29-24-20)18-7-5-4-6-15(18)3/h4-11,14,19H,12-13H2,1-3H3,(H,25,26). The van der Waals surface area contributed by atoms with E-state index in [0.29, 0.717) is 23.9 Å². The third-order valence-electron chi connectivity index (χ3n) is 4.27. The number of ether oxygens (including phenoxy) is 2. The smallest absolute Gasteiger partial charge is 0.333 e. The van der Waals surface area contributed by atoms with Crippen molar-refractivity contribution in [2.75, 3.05) is 0 Å². The fourth-order valence-electron chi connectivity index (χ4n) is 2.84. The van der Waals surface area contributed by atoms with Crippen molar-refractivity contribution in [3.05, 3.63) is 65.5 Å². The zero-order valence-electron chi connectivity index (χ0n) is 16.7. The van der Waals surface area contributed by atoms with E-state index in [0.717, 1.165) is 16.7 Å². The minimum Gasteiger partial charge on any atom is -0.485 e. The number of carbonyl (C=O) groups is 1. The maximum Gasteiger partial charge on any atom is 0.333 e. The van der Waals surface area contributed by atoms with Crippen LogP contribution in [0.5, 0.6) is 5.75 Å². The fraction of sp³-hybridized carbons (Fsp3) is 0.318. The Morgan fingerprint density at radius 2 is 1.86 bits per heavy atom. The molecule has 0 aliphatic heterocycles. The predicted molar refractivity (Wildman–Crippen MR) is 107 cm³/mol. The van der Waals surface area contributed by atoms with Gasteiger partial charge in [-0.2, -0.15) is 4.98 Å². The molecule has 1 unspecified atom stereocenters. The number of hydrogen-bond acceptors (Lipinski definition) is 6. The number of carboxylic acid groups (broad SMARTS) is 1. The second-order valence-corrected chi connectivity index (χ2v) is 6.98. The van der Waals surface area contributed by atoms with Gasteiger partial charge >= 0.3 is 5.97 Å². The molecule has 1 heterocycles. The monoisotopic (exact) mass is 396 g/mol. The Morgan fingerprint density at radius 3 is 2.52 bits per heavy atom. The van der Waals surface area contributed by atoms with Gasteiger partial charge in [0.2, 0.25) is 5.82 Å². The Bertz CT molecular complexity index is 950. The highest BCUT2D eigenvalue weighted by atomic mass is 16.5. The summed E-state index contributed by atoms with van der Waals surface area (Å²) in [5, 5.41) is 13.2. The van der Waals surface area contributed by atoms with Gasteiger partial charge in [-0.15, -0.1) is 0 Å². The molecule has 152 valence electrons. The van der Waals surface area contributed by atoms with Crippen LogP contribution >= 0.6 is 0 Å². The molecule has 1 aromatic heterocycles. The maximum absolute atomic E-state index is 11.3. The molecule has 0 aliphatic carbocycles. The number of nitrogens with zero attached hydrogens (tertiary/aromatic N) is 2. The van der Waals surface area contributed by atoms with Crippen LogP contribution in [0.1, 0.15) is 30.8 Å². The molecule has 0 amide bonds. The molecule has 0 fully saturated rings. The van der Waals surface area contributed by atoms with Crippen LogP contribution in [-0.2, 0) is 22.6 Å². The second kappa shape index (κ2) is 9.34. The van der Waals surface area contributed by atoms with Crippen LogP contribution in [0.3, 0.4) is 0 Å². The highest BCUT2D eigenvalue weighted by Crippen LogP contribution is 2.22. The van der Waals surface area contributed by atoms with Crippen molar-refractivity contribution in [2.24, 2.45) is 0 Å². The first kappa shape index (κ1) is 20.5. The second-order valence-electron chi connectivity index (χ2n) is 6.98. The summed E-state index contributed by atoms with van der Waals surface area (Å²) < 4.78 is 16.5. The average molecular weight is 396 g/mol. The average Bonchev–Trinajstić information content (AvgIpc) is 3.15. The summed E-state index contributed by atoms with van der Waals surface area (Å²) in [6, 6.07) is 15.0. The van der Waals surface area contributed by atoms with Gasteiger partial charge in [-0.25, -0.2) is 4.79 Å². The van der Waals surface area contributed by atoms with Gasteiger partial charge < -0.3 is 19.1 Å². The molecule has 0 aliphatic rings. The van der Waals surface area contributed by atoms with E-state index < -0.39 is 12.1 Å². The summed E-state index contributed by atoms with van der Waals surface area (Å²) in [5.74, 6) is 0.568. The van der Waals surface area contributed by atoms with E-state index in [4.69, 9.17) is 14.0 Å². The van der Waals surface area contributed by atoms with Gasteiger partial charge in [-0.3, -0.25) is 0 Å². The third-order valence-corrected chi connectivity index (χ3v) is 4.27. The minimum absolute atomic E-state index is 0.154. The number of aromatic nitrogens is 2. The van der Waals surface area contributed by atoms with Crippen molar-refractivity contribution in [3.63, 3.8) is 0 Å². The van der Waals surface area contributed by atoms with Gasteiger partial charge in [-0.1, -0.05) is 35.5 Å². The molecule has 1 atom stereocenters. The third kappa shape index (κ3) is 5.65. The van der Waals surface area contributed by atoms with E-state index in [9.17, 15) is 9.90 Å². The molecule has 1 N–H and O–H groups in total. The van der Waals surface area contributed by atoms with Gasteiger partial charge in [0.05, 0.1) is 6.10 Å². The molecule has 0 radical (unpaired) electrons. The van der Waals surface area contributed by atoms with Gasteiger partial charge in [0, 0.05) is 12.0 Å². The first-order chi connectivity index (χ1) is 13.9. The van der Waals surface area contributed by atoms with Gasteiger partial charge in [0.1, 0.15) is 5.75 Å². The molecule has 3 aromatic rings. The number of rotatable bonds is 9. The van der Waals surface area contributed by atoms with E-state index in [2.05, 4.69) is 10.1 Å². The Morgan fingerprint density at radius 1 is 1.14 bits per heavy atom. The lowest BCUT2D eigenvalue weighted by molar-refractivity contribution is -0.153. The molecule has 7 nitrogen and oxygen atoms in total. The normalized spacial score (nSPS) is 12.1. The lowest BCUT2D eigenvalue weighted by Crippen LogP contribution is -2.29. The minimum atomic E-state index is -0.972. The predicted octanol–water partition coefficient (Wildman–Crippen LogP) is 4.04. The topological polar surface area (TPSA) is 94.7 Å². The van der Waals surface area contributed by atoms with Crippen LogP contribution in [0.2, 0.25) is 0 Å². The summed E-state index contributed by atoms with van der Waals surface area (Å²) >= 11 is 0. The SMILES string of the molecule is Cc1ccccc1-c1nc(COc2ccc(CC(OC(C)C)C(=O)O)cc2)no1. The summed E-state index contributed by atoms with van der Waals surface area (Å²) in [7, 11) is 0. The molecular weight excluding hydrogens is 372 g/mol. The van der Waals surface area contributed by atoms with E-state index in [1.54, 1.807) is 12.1 Å². The van der Waals surface area contributed by atoms with E-state index in [1.165, 1.54) is 0 Å². The van der Waals surface area contributed by atoms with Crippen molar-refractivity contribution >= 4 is 5.97 Å². The summed E-state index contributed by atoms with van der Waals surface area (Å²) in [5.41, 5.74) is 2.80. The van der Waals surface area contributed by atoms with Crippen molar-refractivity contribution in [3.8, 4) is 17.2 Å². The van der Waals surface area contributed by atoms with E-state index >= 15 is 0 Å². The van der Waals surface area contributed by atoms with Gasteiger partial charge in [0.25, 0.3) is 5.89 Å². The van der Waals surface area contributed by atoms with Crippen molar-refractivity contribution in [2.45, 2.75) is 46.0 Å². The largest absolute Gasteiger partial charge is 0.485 e. The summed E-state index contributed by atoms with van der Waals surface area (Å²) in [6.07, 6.45) is -0.738. The number of aliphatic carboxylic acids is 1. The maximum atomic E-state index is 11.3. The number of benzene rings is 2. The zero-order chi connectivity index (χ0) is 20.8. The van der Waals surface area contributed by atoms with Crippen LogP contribution in [-0.4, -0.2) is 33.4 Å². The molecule has 0 saturated heterocycles. The first-order valence-corrected chi connectivity index (χ1v) is 9.41. The zero-order valence-corrected chi connectivity index (χ0v) is 16.7. The highest BCUT2D eigenvalue weighted by molar-refractivity contribution is 5.72. The lowest BCUT2D eigenvalue weighted by Gasteiger charge is -2.16. The molecular formula is C22H24N2O5. The molecule has 29 heavy (non-hydrogen) atoms.